The van der Waals surface area contributed by atoms with E-state index in [9.17, 15) is 13.9 Å². The van der Waals surface area contributed by atoms with Crippen LogP contribution in [0.4, 0.5) is 14.5 Å². The molecular weight excluding hydrogens is 290 g/mol. The van der Waals surface area contributed by atoms with Crippen molar-refractivity contribution in [3.63, 3.8) is 0 Å². The molecule has 4 nitrogen and oxygen atoms in total. The van der Waals surface area contributed by atoms with E-state index in [1.807, 2.05) is 6.92 Å². The van der Waals surface area contributed by atoms with E-state index in [2.05, 4.69) is 0 Å². The molecule has 2 rings (SSSR count). The van der Waals surface area contributed by atoms with Gasteiger partial charge in [0.15, 0.2) is 17.4 Å². The topological polar surface area (TPSA) is 56.5 Å². The minimum Gasteiger partial charge on any atom is -0.491 e. The Balaban J connectivity index is 2.51. The van der Waals surface area contributed by atoms with E-state index in [-0.39, 0.29) is 29.0 Å². The molecule has 0 aromatic heterocycles. The first-order chi connectivity index (χ1) is 10.2. The van der Waals surface area contributed by atoms with Gasteiger partial charge in [-0.15, -0.1) is 0 Å². The maximum Gasteiger partial charge on any atom is 0.185 e. The normalized spacial score (nSPS) is 21.8. The van der Waals surface area contributed by atoms with E-state index in [1.54, 1.807) is 24.8 Å². The fraction of sp³-hybridized carbons (Fsp3) is 0.562. The highest BCUT2D eigenvalue weighted by Gasteiger charge is 2.41. The van der Waals surface area contributed by atoms with Gasteiger partial charge in [-0.05, 0) is 33.3 Å². The second-order valence-corrected chi connectivity index (χ2v) is 6.20. The zero-order valence-corrected chi connectivity index (χ0v) is 13.2. The first-order valence-corrected chi connectivity index (χ1v) is 7.17. The summed E-state index contributed by atoms with van der Waals surface area (Å²) in [5.74, 6) is -1.89. The fourth-order valence-corrected chi connectivity index (χ4v) is 3.33. The summed E-state index contributed by atoms with van der Waals surface area (Å²) in [7, 11) is 1.25. The van der Waals surface area contributed by atoms with Gasteiger partial charge in [0.2, 0.25) is 0 Å². The van der Waals surface area contributed by atoms with Gasteiger partial charge in [-0.25, -0.2) is 8.78 Å². The van der Waals surface area contributed by atoms with Crippen LogP contribution in [0.1, 0.15) is 32.8 Å². The minimum atomic E-state index is -0.914. The van der Waals surface area contributed by atoms with Gasteiger partial charge in [-0.3, -0.25) is 0 Å². The van der Waals surface area contributed by atoms with Crippen molar-refractivity contribution in [1.82, 2.24) is 0 Å². The van der Waals surface area contributed by atoms with Crippen LogP contribution in [-0.2, 0) is 0 Å². The number of ether oxygens (including phenoxy) is 1. The lowest BCUT2D eigenvalue weighted by Gasteiger charge is -2.33. The quantitative estimate of drug-likeness (QED) is 0.932. The summed E-state index contributed by atoms with van der Waals surface area (Å²) in [6, 6.07) is 2.32. The Morgan fingerprint density at radius 2 is 2.09 bits per heavy atom. The van der Waals surface area contributed by atoms with Crippen molar-refractivity contribution >= 4 is 5.69 Å². The number of hydrogen-bond acceptors (Lipinski definition) is 4. The molecule has 22 heavy (non-hydrogen) atoms. The Morgan fingerprint density at radius 3 is 2.55 bits per heavy atom. The molecule has 0 bridgehead atoms. The fourth-order valence-electron chi connectivity index (χ4n) is 3.33. The summed E-state index contributed by atoms with van der Waals surface area (Å²) in [6.07, 6.45) is 0.662. The molecule has 1 aromatic carbocycles. The van der Waals surface area contributed by atoms with Crippen LogP contribution in [0.5, 0.6) is 5.75 Å². The predicted octanol–water partition coefficient (Wildman–Crippen LogP) is 2.83. The average Bonchev–Trinajstić information content (AvgIpc) is 2.81. The monoisotopic (exact) mass is 310 g/mol. The lowest BCUT2D eigenvalue weighted by atomic mass is 9.85. The molecule has 6 heteroatoms. The summed E-state index contributed by atoms with van der Waals surface area (Å²) in [5.41, 5.74) is -1.29. The molecule has 2 unspecified atom stereocenters. The largest absolute Gasteiger partial charge is 0.491 e. The molecule has 0 radical (unpaired) electrons. The van der Waals surface area contributed by atoms with Crippen LogP contribution in [0.3, 0.4) is 0 Å². The molecule has 1 aliphatic heterocycles. The van der Waals surface area contributed by atoms with Crippen molar-refractivity contribution in [2.75, 3.05) is 18.6 Å². The van der Waals surface area contributed by atoms with Crippen LogP contribution >= 0.6 is 0 Å². The predicted molar refractivity (Wildman–Crippen MR) is 78.8 cm³/mol. The zero-order valence-electron chi connectivity index (χ0n) is 13.2. The first kappa shape index (κ1) is 16.5. The van der Waals surface area contributed by atoms with Crippen LogP contribution in [0.25, 0.3) is 0 Å². The number of halogens is 2. The van der Waals surface area contributed by atoms with Gasteiger partial charge in [0.25, 0.3) is 0 Å². The molecule has 1 heterocycles. The molecular formula is C16H20F2N2O2. The number of hydrogen-bond donors (Lipinski definition) is 1. The summed E-state index contributed by atoms with van der Waals surface area (Å²) in [5, 5.41) is 19.1. The van der Waals surface area contributed by atoms with Crippen molar-refractivity contribution in [3.8, 4) is 11.8 Å². The Bertz CT molecular complexity index is 620. The molecule has 0 amide bonds. The SMILES string of the molecule is COc1c(F)c(C#N)cc(F)c1N1CCC(C(C)(C)O)C1C. The molecule has 1 N–H and O–H groups in total. The molecule has 0 saturated carbocycles. The van der Waals surface area contributed by atoms with Gasteiger partial charge in [0, 0.05) is 18.5 Å². The van der Waals surface area contributed by atoms with Crippen molar-refractivity contribution in [1.29, 1.82) is 5.26 Å². The number of nitrogens with zero attached hydrogens (tertiary/aromatic N) is 2. The summed E-state index contributed by atoms with van der Waals surface area (Å²) in [6.45, 7) is 5.77. The number of anilines is 1. The van der Waals surface area contributed by atoms with Gasteiger partial charge in [-0.1, -0.05) is 0 Å². The van der Waals surface area contributed by atoms with E-state index in [0.29, 0.717) is 13.0 Å². The van der Waals surface area contributed by atoms with E-state index >= 15 is 0 Å². The third-order valence-electron chi connectivity index (χ3n) is 4.42. The summed E-state index contributed by atoms with van der Waals surface area (Å²) >= 11 is 0. The van der Waals surface area contributed by atoms with Crippen molar-refractivity contribution in [3.05, 3.63) is 23.3 Å². The average molecular weight is 310 g/mol. The van der Waals surface area contributed by atoms with Gasteiger partial charge in [0.1, 0.15) is 11.8 Å². The molecule has 0 aliphatic carbocycles. The zero-order chi connectivity index (χ0) is 16.7. The number of rotatable bonds is 3. The van der Waals surface area contributed by atoms with Gasteiger partial charge >= 0.3 is 0 Å². The van der Waals surface area contributed by atoms with E-state index in [4.69, 9.17) is 10.00 Å². The first-order valence-electron chi connectivity index (χ1n) is 7.17. The molecule has 1 fully saturated rings. The minimum absolute atomic E-state index is 0.0123. The van der Waals surface area contributed by atoms with Gasteiger partial charge in [0.05, 0.1) is 18.3 Å². The van der Waals surface area contributed by atoms with Gasteiger partial charge < -0.3 is 14.7 Å². The number of aliphatic hydroxyl groups is 1. The van der Waals surface area contributed by atoms with Crippen LogP contribution in [0, 0.1) is 28.9 Å². The highest BCUT2D eigenvalue weighted by Crippen LogP contribution is 2.42. The lowest BCUT2D eigenvalue weighted by molar-refractivity contribution is 0.0156. The second kappa shape index (κ2) is 5.73. The number of methoxy groups -OCH3 is 1. The highest BCUT2D eigenvalue weighted by atomic mass is 19.1. The maximum atomic E-state index is 14.4. The van der Waals surface area contributed by atoms with E-state index in [0.717, 1.165) is 6.07 Å². The Hall–Kier alpha value is -1.87. The van der Waals surface area contributed by atoms with Crippen molar-refractivity contribution in [2.24, 2.45) is 5.92 Å². The van der Waals surface area contributed by atoms with Crippen LogP contribution in [-0.4, -0.2) is 30.4 Å². The number of benzene rings is 1. The number of nitriles is 1. The van der Waals surface area contributed by atoms with Crippen molar-refractivity contribution < 1.29 is 18.6 Å². The highest BCUT2D eigenvalue weighted by molar-refractivity contribution is 5.64. The molecule has 1 aliphatic rings. The molecule has 1 saturated heterocycles. The van der Waals surface area contributed by atoms with Crippen molar-refractivity contribution in [2.45, 2.75) is 38.8 Å². The third-order valence-corrected chi connectivity index (χ3v) is 4.42. The Labute approximate surface area is 128 Å². The second-order valence-electron chi connectivity index (χ2n) is 6.20. The smallest absolute Gasteiger partial charge is 0.185 e. The Morgan fingerprint density at radius 1 is 1.45 bits per heavy atom. The Kier molecular flexibility index (Phi) is 4.30. The standard InChI is InChI=1S/C16H20F2N2O2/c1-9-11(16(2,3)21)5-6-20(9)14-12(17)7-10(8-19)13(18)15(14)22-4/h7,9,11,21H,5-6H2,1-4H3. The molecule has 120 valence electrons. The molecule has 0 spiro atoms. The third kappa shape index (κ3) is 2.61. The van der Waals surface area contributed by atoms with E-state index in [1.165, 1.54) is 7.11 Å². The van der Waals surface area contributed by atoms with Crippen LogP contribution in [0.15, 0.2) is 6.07 Å². The maximum absolute atomic E-state index is 14.4. The summed E-state index contributed by atoms with van der Waals surface area (Å²) in [4.78, 5) is 1.70. The molecule has 1 aromatic rings. The lowest BCUT2D eigenvalue weighted by Crippen LogP contribution is -2.40. The summed E-state index contributed by atoms with van der Waals surface area (Å²) < 4.78 is 33.7. The van der Waals surface area contributed by atoms with Crippen LogP contribution in [0.2, 0.25) is 0 Å². The van der Waals surface area contributed by atoms with Crippen LogP contribution < -0.4 is 9.64 Å². The van der Waals surface area contributed by atoms with E-state index < -0.39 is 17.2 Å². The molecule has 2 atom stereocenters. The van der Waals surface area contributed by atoms with Gasteiger partial charge in [-0.2, -0.15) is 5.26 Å².